The Bertz CT molecular complexity index is 1610. The number of halogens is 3. The molecule has 0 amide bonds. The van der Waals surface area contributed by atoms with Crippen LogP contribution in [-0.4, -0.2) is 88.7 Å². The number of ether oxygens (including phenoxy) is 4. The summed E-state index contributed by atoms with van der Waals surface area (Å²) >= 11 is 0. The lowest BCUT2D eigenvalue weighted by molar-refractivity contribution is -0.192. The standard InChI is InChI=1S/C30H31NO9.C2HF3O2/c1-31-15-14-29-24-18-8-9-19(37-2)26(24)40-27(29)20(12-13-30(29,36)21(31)16-18)38-28(35)25(17-6-4-3-5-7-17)39-23(34)11-10-22(32)33;3-2(4,5)1(6)7/h3-9,12,21,25,27,36H,10-11,13-16H2,1-2H3,(H,32,33);(H,6,7)/t21-,25+,27+,29+,30-;/m1./s1. The van der Waals surface area contributed by atoms with Gasteiger partial charge in [0, 0.05) is 23.6 Å². The van der Waals surface area contributed by atoms with Crippen molar-refractivity contribution >= 4 is 23.9 Å². The average molecular weight is 664 g/mol. The van der Waals surface area contributed by atoms with Crippen LogP contribution in [0.4, 0.5) is 13.2 Å². The number of carbonyl (C=O) groups is 4. The van der Waals surface area contributed by atoms with E-state index >= 15 is 0 Å². The number of rotatable bonds is 8. The molecule has 2 aromatic rings. The minimum absolute atomic E-state index is 0.153. The molecule has 15 heteroatoms. The molecule has 2 aliphatic carbocycles. The van der Waals surface area contributed by atoms with E-state index < -0.39 is 59.7 Å². The molecule has 5 atom stereocenters. The third-order valence-electron chi connectivity index (χ3n) is 9.13. The third kappa shape index (κ3) is 5.89. The second kappa shape index (κ2) is 12.5. The fraction of sp³-hybridized carbons (Fsp3) is 0.438. The largest absolute Gasteiger partial charge is 0.493 e. The van der Waals surface area contributed by atoms with Crippen molar-refractivity contribution in [2.45, 2.75) is 67.5 Å². The molecule has 0 unspecified atom stereocenters. The fourth-order valence-corrected chi connectivity index (χ4v) is 7.04. The van der Waals surface area contributed by atoms with Crippen molar-refractivity contribution in [2.75, 3.05) is 20.7 Å². The number of carbonyl (C=O) groups excluding carboxylic acids is 2. The van der Waals surface area contributed by atoms with Crippen LogP contribution in [0.1, 0.15) is 48.5 Å². The van der Waals surface area contributed by atoms with Gasteiger partial charge in [-0.25, -0.2) is 9.59 Å². The van der Waals surface area contributed by atoms with Crippen molar-refractivity contribution in [1.29, 1.82) is 0 Å². The lowest BCUT2D eigenvalue weighted by Gasteiger charge is -2.61. The maximum absolute atomic E-state index is 13.6. The molecular weight excluding hydrogens is 631 g/mol. The molecule has 4 aliphatic rings. The number of nitrogens with zero attached hydrogens (tertiary/aromatic N) is 1. The van der Waals surface area contributed by atoms with Crippen LogP contribution in [0.2, 0.25) is 0 Å². The van der Waals surface area contributed by atoms with Crippen molar-refractivity contribution < 1.29 is 66.6 Å². The summed E-state index contributed by atoms with van der Waals surface area (Å²) in [4.78, 5) is 48.1. The quantitative estimate of drug-likeness (QED) is 0.353. The summed E-state index contributed by atoms with van der Waals surface area (Å²) in [6, 6.07) is 12.1. The molecule has 47 heavy (non-hydrogen) atoms. The second-order valence-electron chi connectivity index (χ2n) is 11.7. The Morgan fingerprint density at radius 3 is 2.38 bits per heavy atom. The predicted molar refractivity (Wildman–Crippen MR) is 153 cm³/mol. The topological polar surface area (TPSA) is 169 Å². The van der Waals surface area contributed by atoms with Gasteiger partial charge in [-0.05, 0) is 44.1 Å². The van der Waals surface area contributed by atoms with E-state index in [2.05, 4.69) is 4.90 Å². The van der Waals surface area contributed by atoms with E-state index in [0.717, 1.165) is 17.7 Å². The van der Waals surface area contributed by atoms with Gasteiger partial charge in [-0.15, -0.1) is 0 Å². The monoisotopic (exact) mass is 663 g/mol. The highest BCUT2D eigenvalue weighted by atomic mass is 19.4. The van der Waals surface area contributed by atoms with Crippen LogP contribution in [0.5, 0.6) is 11.5 Å². The Morgan fingerprint density at radius 2 is 1.77 bits per heavy atom. The van der Waals surface area contributed by atoms with Crippen molar-refractivity contribution in [3.05, 3.63) is 71.0 Å². The van der Waals surface area contributed by atoms with Gasteiger partial charge in [0.05, 0.1) is 31.0 Å². The summed E-state index contributed by atoms with van der Waals surface area (Å²) < 4.78 is 55.3. The highest BCUT2D eigenvalue weighted by Crippen LogP contribution is 2.65. The molecule has 0 aromatic heterocycles. The SMILES string of the molecule is COc1ccc2c3c1O[C@H]1C(OC(=O)[C@@H](OC(=O)CCC(=O)O)c4ccccc4)=CC[C@@]4(O)[C@@H](C2)N(C)CC[C@]314.O=C(O)C(F)(F)F. The number of hydrogen-bond acceptors (Lipinski definition) is 10. The number of aliphatic hydroxyl groups is 1. The van der Waals surface area contributed by atoms with E-state index in [1.54, 1.807) is 43.5 Å². The number of carboxylic acid groups (broad SMARTS) is 2. The van der Waals surface area contributed by atoms with E-state index in [1.165, 1.54) is 0 Å². The molecule has 252 valence electrons. The van der Waals surface area contributed by atoms with Crippen LogP contribution in [0.3, 0.4) is 0 Å². The molecule has 1 saturated heterocycles. The summed E-state index contributed by atoms with van der Waals surface area (Å²) in [5, 5.41) is 28.4. The Hall–Kier alpha value is -4.63. The van der Waals surface area contributed by atoms with Gasteiger partial charge in [0.25, 0.3) is 0 Å². The van der Waals surface area contributed by atoms with E-state index in [9.17, 15) is 32.7 Å². The van der Waals surface area contributed by atoms with E-state index in [-0.39, 0.29) is 24.6 Å². The molecule has 12 nitrogen and oxygen atoms in total. The van der Waals surface area contributed by atoms with Crippen LogP contribution in [0, 0.1) is 0 Å². The summed E-state index contributed by atoms with van der Waals surface area (Å²) in [6.07, 6.45) is -4.92. The van der Waals surface area contributed by atoms with Gasteiger partial charge >= 0.3 is 30.1 Å². The summed E-state index contributed by atoms with van der Waals surface area (Å²) in [7, 11) is 3.58. The van der Waals surface area contributed by atoms with Gasteiger partial charge in [0.15, 0.2) is 17.6 Å². The number of likely N-dealkylation sites (tertiary alicyclic amines) is 1. The van der Waals surface area contributed by atoms with Crippen molar-refractivity contribution in [1.82, 2.24) is 4.90 Å². The number of aliphatic carboxylic acids is 2. The Morgan fingerprint density at radius 1 is 1.09 bits per heavy atom. The first-order chi connectivity index (χ1) is 22.1. The lowest BCUT2D eigenvalue weighted by atomic mass is 9.50. The molecule has 0 saturated carbocycles. The van der Waals surface area contributed by atoms with Crippen LogP contribution in [0.15, 0.2) is 54.3 Å². The van der Waals surface area contributed by atoms with Gasteiger partial charge in [0.1, 0.15) is 5.76 Å². The van der Waals surface area contributed by atoms with E-state index in [0.29, 0.717) is 29.9 Å². The molecule has 0 radical (unpaired) electrons. The summed E-state index contributed by atoms with van der Waals surface area (Å²) in [5.74, 6) is -4.23. The lowest BCUT2D eigenvalue weighted by Crippen LogP contribution is -2.74. The number of hydrogen-bond donors (Lipinski definition) is 3. The number of methoxy groups -OCH3 is 1. The number of piperidine rings is 1. The molecule has 3 N–H and O–H groups in total. The number of alkyl halides is 3. The number of benzene rings is 2. The average Bonchev–Trinajstić information content (AvgIpc) is 3.38. The fourth-order valence-electron chi connectivity index (χ4n) is 7.04. The van der Waals surface area contributed by atoms with Gasteiger partial charge in [-0.3, -0.25) is 9.59 Å². The minimum atomic E-state index is -5.08. The van der Waals surface area contributed by atoms with Gasteiger partial charge < -0.3 is 39.2 Å². The number of likely N-dealkylation sites (N-methyl/N-ethyl adjacent to an activating group) is 1. The maximum Gasteiger partial charge on any atom is 0.490 e. The first-order valence-electron chi connectivity index (χ1n) is 14.6. The van der Waals surface area contributed by atoms with E-state index in [1.807, 2.05) is 19.2 Å². The molecular formula is C32H32F3NO11. The second-order valence-corrected chi connectivity index (χ2v) is 11.7. The first-order valence-corrected chi connectivity index (χ1v) is 14.6. The molecule has 1 spiro atoms. The molecule has 2 aliphatic heterocycles. The zero-order chi connectivity index (χ0) is 34.3. The van der Waals surface area contributed by atoms with Crippen molar-refractivity contribution in [2.24, 2.45) is 0 Å². The minimum Gasteiger partial charge on any atom is -0.493 e. The van der Waals surface area contributed by atoms with Crippen molar-refractivity contribution in [3.63, 3.8) is 0 Å². The zero-order valence-electron chi connectivity index (χ0n) is 25.3. The Balaban J connectivity index is 0.000000559. The molecule has 1 fully saturated rings. The van der Waals surface area contributed by atoms with Crippen LogP contribution >= 0.6 is 0 Å². The predicted octanol–water partition coefficient (Wildman–Crippen LogP) is 3.30. The Labute approximate surface area is 266 Å². The molecule has 2 aromatic carbocycles. The van der Waals surface area contributed by atoms with Gasteiger partial charge in [-0.2, -0.15) is 13.2 Å². The first kappa shape index (κ1) is 33.7. The third-order valence-corrected chi connectivity index (χ3v) is 9.13. The normalized spacial score (nSPS) is 25.9. The van der Waals surface area contributed by atoms with E-state index in [4.69, 9.17) is 34.0 Å². The highest BCUT2D eigenvalue weighted by Gasteiger charge is 2.72. The van der Waals surface area contributed by atoms with Gasteiger partial charge in [0.2, 0.25) is 6.10 Å². The zero-order valence-corrected chi connectivity index (χ0v) is 25.3. The Kier molecular flexibility index (Phi) is 8.99. The number of carboxylic acids is 2. The van der Waals surface area contributed by atoms with Crippen LogP contribution in [0.25, 0.3) is 0 Å². The summed E-state index contributed by atoms with van der Waals surface area (Å²) in [5.41, 5.74) is 0.352. The summed E-state index contributed by atoms with van der Waals surface area (Å²) in [6.45, 7) is 0.720. The molecule has 6 rings (SSSR count). The maximum atomic E-state index is 13.6. The highest BCUT2D eigenvalue weighted by molar-refractivity contribution is 5.83. The van der Waals surface area contributed by atoms with Crippen LogP contribution in [-0.2, 0) is 40.5 Å². The smallest absolute Gasteiger partial charge is 0.490 e. The molecule has 2 bridgehead atoms. The van der Waals surface area contributed by atoms with Crippen molar-refractivity contribution in [3.8, 4) is 11.5 Å². The van der Waals surface area contributed by atoms with Gasteiger partial charge in [-0.1, -0.05) is 36.4 Å². The van der Waals surface area contributed by atoms with Crippen LogP contribution < -0.4 is 9.47 Å². The number of esters is 2. The molecule has 2 heterocycles.